The lowest BCUT2D eigenvalue weighted by atomic mass is 9.75. The second-order valence-electron chi connectivity index (χ2n) is 9.77. The summed E-state index contributed by atoms with van der Waals surface area (Å²) in [6.07, 6.45) is -0.337. The van der Waals surface area contributed by atoms with Crippen molar-refractivity contribution >= 4 is 17.7 Å². The number of aliphatic imine (C=N–C) groups is 1. The van der Waals surface area contributed by atoms with Gasteiger partial charge in [-0.25, -0.2) is 9.18 Å². The van der Waals surface area contributed by atoms with Crippen molar-refractivity contribution in [1.29, 1.82) is 0 Å². The molecule has 0 spiro atoms. The maximum Gasteiger partial charge on any atom is 0.336 e. The largest absolute Gasteiger partial charge is 0.462 e. The molecule has 2 aromatic carbocycles. The summed E-state index contributed by atoms with van der Waals surface area (Å²) in [6.45, 7) is 8.25. The van der Waals surface area contributed by atoms with Gasteiger partial charge in [-0.1, -0.05) is 24.3 Å². The van der Waals surface area contributed by atoms with Crippen molar-refractivity contribution in [3.8, 4) is 11.5 Å². The SMILES string of the molecule is CC1=NC(C)=C(C(=O)OCCN(C)Cc2ccc(F)cc2)C(c2cccc3c2OCO3)C1C(=O)OC(C)C. The highest BCUT2D eigenvalue weighted by molar-refractivity contribution is 6.07. The fourth-order valence-corrected chi connectivity index (χ4v) is 4.80. The van der Waals surface area contributed by atoms with Crippen LogP contribution < -0.4 is 9.47 Å². The zero-order chi connectivity index (χ0) is 27.4. The molecule has 0 N–H and O–H groups in total. The molecule has 2 aliphatic heterocycles. The van der Waals surface area contributed by atoms with E-state index in [0.29, 0.717) is 41.6 Å². The van der Waals surface area contributed by atoms with E-state index in [2.05, 4.69) is 4.99 Å². The Balaban J connectivity index is 1.57. The van der Waals surface area contributed by atoms with Gasteiger partial charge in [0, 0.05) is 36.0 Å². The minimum absolute atomic E-state index is 0.0517. The summed E-state index contributed by atoms with van der Waals surface area (Å²) >= 11 is 0. The lowest BCUT2D eigenvalue weighted by molar-refractivity contribution is -0.150. The number of carbonyl (C=O) groups excluding carboxylic acids is 2. The summed E-state index contributed by atoms with van der Waals surface area (Å²) in [6, 6.07) is 11.7. The first-order valence-electron chi connectivity index (χ1n) is 12.6. The third-order valence-corrected chi connectivity index (χ3v) is 6.49. The molecule has 0 radical (unpaired) electrons. The average Bonchev–Trinajstić information content (AvgIpc) is 3.33. The number of nitrogens with zero attached hydrogens (tertiary/aromatic N) is 2. The maximum atomic E-state index is 13.5. The molecule has 9 heteroatoms. The lowest BCUT2D eigenvalue weighted by Gasteiger charge is -2.32. The molecule has 0 aliphatic carbocycles. The van der Waals surface area contributed by atoms with E-state index in [0.717, 1.165) is 5.56 Å². The second kappa shape index (κ2) is 11.8. The zero-order valence-corrected chi connectivity index (χ0v) is 22.3. The van der Waals surface area contributed by atoms with Gasteiger partial charge in [0.25, 0.3) is 0 Å². The van der Waals surface area contributed by atoms with Crippen molar-refractivity contribution in [1.82, 2.24) is 4.90 Å². The summed E-state index contributed by atoms with van der Waals surface area (Å²) < 4.78 is 35.8. The quantitative estimate of drug-likeness (QED) is 0.442. The van der Waals surface area contributed by atoms with Crippen LogP contribution in [0.5, 0.6) is 11.5 Å². The van der Waals surface area contributed by atoms with Crippen LogP contribution in [0.15, 0.2) is 58.7 Å². The van der Waals surface area contributed by atoms with Crippen molar-refractivity contribution in [2.45, 2.75) is 46.3 Å². The minimum Gasteiger partial charge on any atom is -0.462 e. The van der Waals surface area contributed by atoms with E-state index in [4.69, 9.17) is 18.9 Å². The molecule has 2 aromatic rings. The lowest BCUT2D eigenvalue weighted by Crippen LogP contribution is -2.37. The average molecular weight is 525 g/mol. The van der Waals surface area contributed by atoms with Gasteiger partial charge >= 0.3 is 11.9 Å². The highest BCUT2D eigenvalue weighted by atomic mass is 19.1. The van der Waals surface area contributed by atoms with Crippen LogP contribution in [0.2, 0.25) is 0 Å². The molecule has 2 atom stereocenters. The van der Waals surface area contributed by atoms with Crippen LogP contribution in [0.3, 0.4) is 0 Å². The van der Waals surface area contributed by atoms with Crippen LogP contribution in [-0.4, -0.2) is 55.6 Å². The molecule has 4 rings (SSSR count). The third-order valence-electron chi connectivity index (χ3n) is 6.49. The number of allylic oxidation sites excluding steroid dienone is 1. The van der Waals surface area contributed by atoms with E-state index in [-0.39, 0.29) is 30.9 Å². The summed E-state index contributed by atoms with van der Waals surface area (Å²) in [5.41, 5.74) is 2.89. The van der Waals surface area contributed by atoms with Gasteiger partial charge in [-0.15, -0.1) is 0 Å². The maximum absolute atomic E-state index is 13.5. The molecular weight excluding hydrogens is 491 g/mol. The molecule has 0 bridgehead atoms. The summed E-state index contributed by atoms with van der Waals surface area (Å²) in [7, 11) is 1.89. The number of ether oxygens (including phenoxy) is 4. The number of para-hydroxylation sites is 1. The van der Waals surface area contributed by atoms with Gasteiger partial charge in [-0.2, -0.15) is 0 Å². The highest BCUT2D eigenvalue weighted by Gasteiger charge is 2.44. The van der Waals surface area contributed by atoms with Crippen molar-refractivity contribution in [2.75, 3.05) is 27.0 Å². The Bertz CT molecular complexity index is 1250. The summed E-state index contributed by atoms with van der Waals surface area (Å²) in [5.74, 6) is -1.83. The number of hydrogen-bond donors (Lipinski definition) is 0. The Kier molecular flexibility index (Phi) is 8.46. The fourth-order valence-electron chi connectivity index (χ4n) is 4.80. The molecule has 0 saturated heterocycles. The topological polar surface area (TPSA) is 86.7 Å². The standard InChI is InChI=1S/C29H33FN2O6/c1-17(2)38-29(34)25-19(4)31-18(3)24(26(25)22-7-6-8-23-27(22)37-16-36-23)28(33)35-14-13-32(5)15-20-9-11-21(30)12-10-20/h6-12,17,25-26H,13-16H2,1-5H3. The number of hydrogen-bond acceptors (Lipinski definition) is 8. The molecular formula is C29H33FN2O6. The Hall–Kier alpha value is -3.72. The van der Waals surface area contributed by atoms with Crippen LogP contribution >= 0.6 is 0 Å². The van der Waals surface area contributed by atoms with Crippen LogP contribution in [0.4, 0.5) is 4.39 Å². The Labute approximate surface area is 222 Å². The smallest absolute Gasteiger partial charge is 0.336 e. The molecule has 38 heavy (non-hydrogen) atoms. The highest BCUT2D eigenvalue weighted by Crippen LogP contribution is 2.47. The first kappa shape index (κ1) is 27.3. The molecule has 2 heterocycles. The van der Waals surface area contributed by atoms with Crippen molar-refractivity contribution in [3.63, 3.8) is 0 Å². The number of esters is 2. The minimum atomic E-state index is -0.833. The van der Waals surface area contributed by atoms with Gasteiger partial charge in [-0.3, -0.25) is 14.7 Å². The number of halogens is 1. The normalized spacial score (nSPS) is 18.6. The Morgan fingerprint density at radius 1 is 1.13 bits per heavy atom. The van der Waals surface area contributed by atoms with Gasteiger partial charge < -0.3 is 18.9 Å². The first-order valence-corrected chi connectivity index (χ1v) is 12.6. The zero-order valence-electron chi connectivity index (χ0n) is 22.3. The summed E-state index contributed by atoms with van der Waals surface area (Å²) in [4.78, 5) is 33.4. The second-order valence-corrected chi connectivity index (χ2v) is 9.77. The van der Waals surface area contributed by atoms with Gasteiger partial charge in [-0.05, 0) is 58.5 Å². The van der Waals surface area contributed by atoms with Crippen molar-refractivity contribution in [2.24, 2.45) is 10.9 Å². The number of benzene rings is 2. The molecule has 8 nitrogen and oxygen atoms in total. The van der Waals surface area contributed by atoms with Gasteiger partial charge in [0.2, 0.25) is 6.79 Å². The van der Waals surface area contributed by atoms with Gasteiger partial charge in [0.15, 0.2) is 11.5 Å². The first-order chi connectivity index (χ1) is 18.2. The molecule has 0 amide bonds. The fraction of sp³-hybridized carbons (Fsp3) is 0.414. The van der Waals surface area contributed by atoms with E-state index >= 15 is 0 Å². The van der Waals surface area contributed by atoms with E-state index in [9.17, 15) is 14.0 Å². The molecule has 0 saturated carbocycles. The van der Waals surface area contributed by atoms with E-state index in [1.165, 1.54) is 12.1 Å². The number of carbonyl (C=O) groups is 2. The Morgan fingerprint density at radius 2 is 1.87 bits per heavy atom. The molecule has 202 valence electrons. The van der Waals surface area contributed by atoms with Crippen LogP contribution in [0.1, 0.15) is 44.7 Å². The van der Waals surface area contributed by atoms with Crippen LogP contribution in [-0.2, 0) is 25.6 Å². The number of likely N-dealkylation sites (N-methyl/N-ethyl adjacent to an activating group) is 1. The molecule has 2 aliphatic rings. The van der Waals surface area contributed by atoms with Gasteiger partial charge in [0.1, 0.15) is 18.3 Å². The Morgan fingerprint density at radius 3 is 2.58 bits per heavy atom. The van der Waals surface area contributed by atoms with Crippen molar-refractivity contribution in [3.05, 3.63) is 70.7 Å². The third kappa shape index (κ3) is 6.05. The summed E-state index contributed by atoms with van der Waals surface area (Å²) in [5, 5.41) is 0. The predicted octanol–water partition coefficient (Wildman–Crippen LogP) is 4.63. The van der Waals surface area contributed by atoms with Gasteiger partial charge in [0.05, 0.1) is 11.7 Å². The van der Waals surface area contributed by atoms with E-state index in [1.54, 1.807) is 52.0 Å². The number of rotatable bonds is 9. The monoisotopic (exact) mass is 524 g/mol. The molecule has 0 aromatic heterocycles. The van der Waals surface area contributed by atoms with Crippen LogP contribution in [0.25, 0.3) is 0 Å². The van der Waals surface area contributed by atoms with Crippen molar-refractivity contribution < 1.29 is 32.9 Å². The van der Waals surface area contributed by atoms with Crippen LogP contribution in [0, 0.1) is 11.7 Å². The van der Waals surface area contributed by atoms with E-state index in [1.807, 2.05) is 18.0 Å². The predicted molar refractivity (Wildman–Crippen MR) is 140 cm³/mol. The molecule has 2 unspecified atom stereocenters. The molecule has 0 fully saturated rings. The number of fused-ring (bicyclic) bond motifs is 1. The van der Waals surface area contributed by atoms with E-state index < -0.39 is 23.8 Å².